The molecule has 2 aromatic rings. The van der Waals surface area contributed by atoms with Gasteiger partial charge in [0.05, 0.1) is 27.9 Å². The van der Waals surface area contributed by atoms with Crippen LogP contribution in [0.25, 0.3) is 6.08 Å². The number of nitrogens with one attached hydrogen (secondary N) is 1. The lowest BCUT2D eigenvalue weighted by Gasteiger charge is -2.15. The monoisotopic (exact) mass is 384 g/mol. The number of amides is 2. The first-order chi connectivity index (χ1) is 13.4. The highest BCUT2D eigenvalue weighted by Gasteiger charge is 2.11. The maximum atomic E-state index is 12.3. The Morgan fingerprint density at radius 1 is 0.929 bits per heavy atom. The average Bonchev–Trinajstić information content (AvgIpc) is 2.71. The Hall–Kier alpha value is -3.48. The van der Waals surface area contributed by atoms with Crippen LogP contribution in [0.3, 0.4) is 0 Å². The van der Waals surface area contributed by atoms with Gasteiger partial charge < -0.3 is 24.4 Å². The lowest BCUT2D eigenvalue weighted by Crippen LogP contribution is -2.33. The van der Waals surface area contributed by atoms with Gasteiger partial charge in [-0.3, -0.25) is 9.59 Å². The first-order valence-electron chi connectivity index (χ1n) is 8.55. The van der Waals surface area contributed by atoms with Gasteiger partial charge in [0.15, 0.2) is 0 Å². The Morgan fingerprint density at radius 3 is 2.04 bits per heavy atom. The topological polar surface area (TPSA) is 77.1 Å². The summed E-state index contributed by atoms with van der Waals surface area (Å²) in [6.07, 6.45) is 3.04. The molecule has 0 saturated heterocycles. The zero-order valence-corrected chi connectivity index (χ0v) is 16.4. The summed E-state index contributed by atoms with van der Waals surface area (Å²) < 4.78 is 15.5. The third-order valence-corrected chi connectivity index (χ3v) is 3.92. The quantitative estimate of drug-likeness (QED) is 0.708. The second-order valence-corrected chi connectivity index (χ2v) is 5.95. The first-order valence-corrected chi connectivity index (χ1v) is 8.55. The van der Waals surface area contributed by atoms with Crippen molar-refractivity contribution in [3.05, 3.63) is 54.1 Å². The molecule has 0 aliphatic heterocycles. The molecule has 2 rings (SSSR count). The fourth-order valence-corrected chi connectivity index (χ4v) is 2.39. The van der Waals surface area contributed by atoms with E-state index in [-0.39, 0.29) is 18.4 Å². The number of nitrogens with zero attached hydrogens (tertiary/aromatic N) is 1. The van der Waals surface area contributed by atoms with Crippen LogP contribution in [-0.2, 0) is 9.59 Å². The van der Waals surface area contributed by atoms with Gasteiger partial charge in [0.1, 0.15) is 17.2 Å². The van der Waals surface area contributed by atoms with Crippen LogP contribution in [0.15, 0.2) is 48.5 Å². The minimum atomic E-state index is -0.299. The molecule has 1 N–H and O–H groups in total. The fourth-order valence-electron chi connectivity index (χ4n) is 2.39. The van der Waals surface area contributed by atoms with Crippen LogP contribution in [-0.4, -0.2) is 51.6 Å². The summed E-state index contributed by atoms with van der Waals surface area (Å²) in [5.74, 6) is 1.35. The minimum Gasteiger partial charge on any atom is -0.497 e. The van der Waals surface area contributed by atoms with Crippen LogP contribution in [0.5, 0.6) is 17.2 Å². The summed E-state index contributed by atoms with van der Waals surface area (Å²) in [4.78, 5) is 25.7. The van der Waals surface area contributed by atoms with E-state index in [0.29, 0.717) is 22.9 Å². The van der Waals surface area contributed by atoms with Crippen molar-refractivity contribution in [2.24, 2.45) is 0 Å². The highest BCUT2D eigenvalue weighted by Crippen LogP contribution is 2.23. The molecule has 0 unspecified atom stereocenters. The Bertz CT molecular complexity index is 824. The number of carbonyl (C=O) groups is 2. The second-order valence-electron chi connectivity index (χ2n) is 5.95. The molecule has 28 heavy (non-hydrogen) atoms. The molecule has 0 fully saturated rings. The molecule has 0 bridgehead atoms. The summed E-state index contributed by atoms with van der Waals surface area (Å²) in [5, 5.41) is 2.74. The molecule has 0 saturated carbocycles. The van der Waals surface area contributed by atoms with Gasteiger partial charge in [0.25, 0.3) is 0 Å². The standard InChI is InChI=1S/C21H24N2O5/c1-23(14-20(24)22-16-6-8-17(26-2)9-7-16)21(25)10-5-15-11-18(27-3)13-19(12-15)28-4/h5-13H,14H2,1-4H3,(H,22,24)/b10-5+. The van der Waals surface area contributed by atoms with Gasteiger partial charge in [-0.2, -0.15) is 0 Å². The molecular weight excluding hydrogens is 360 g/mol. The first kappa shape index (κ1) is 20.8. The van der Waals surface area contributed by atoms with E-state index in [0.717, 1.165) is 5.56 Å². The molecule has 0 aromatic heterocycles. The second kappa shape index (κ2) is 10.0. The number of likely N-dealkylation sites (N-methyl/N-ethyl adjacent to an activating group) is 1. The summed E-state index contributed by atoms with van der Waals surface area (Å²) in [6, 6.07) is 12.3. The van der Waals surface area contributed by atoms with E-state index < -0.39 is 0 Å². The molecule has 7 nitrogen and oxygen atoms in total. The van der Waals surface area contributed by atoms with Gasteiger partial charge in [-0.25, -0.2) is 0 Å². The van der Waals surface area contributed by atoms with Crippen LogP contribution >= 0.6 is 0 Å². The van der Waals surface area contributed by atoms with Crippen LogP contribution in [0.4, 0.5) is 5.69 Å². The van der Waals surface area contributed by atoms with Crippen LogP contribution in [0, 0.1) is 0 Å². The fraction of sp³-hybridized carbons (Fsp3) is 0.238. The predicted octanol–water partition coefficient (Wildman–Crippen LogP) is 2.82. The van der Waals surface area contributed by atoms with Crippen molar-refractivity contribution in [3.8, 4) is 17.2 Å². The molecule has 0 spiro atoms. The van der Waals surface area contributed by atoms with Crippen LogP contribution < -0.4 is 19.5 Å². The average molecular weight is 384 g/mol. The van der Waals surface area contributed by atoms with Crippen molar-refractivity contribution < 1.29 is 23.8 Å². The molecule has 2 amide bonds. The van der Waals surface area contributed by atoms with Crippen LogP contribution in [0.1, 0.15) is 5.56 Å². The Morgan fingerprint density at radius 2 is 1.50 bits per heavy atom. The van der Waals surface area contributed by atoms with Gasteiger partial charge in [-0.05, 0) is 48.0 Å². The number of hydrogen-bond acceptors (Lipinski definition) is 5. The van der Waals surface area contributed by atoms with E-state index >= 15 is 0 Å². The molecule has 0 heterocycles. The van der Waals surface area contributed by atoms with Crippen molar-refractivity contribution in [3.63, 3.8) is 0 Å². The maximum Gasteiger partial charge on any atom is 0.246 e. The molecule has 0 aliphatic rings. The summed E-state index contributed by atoms with van der Waals surface area (Å²) in [7, 11) is 6.25. The van der Waals surface area contributed by atoms with E-state index in [2.05, 4.69) is 5.32 Å². The lowest BCUT2D eigenvalue weighted by atomic mass is 10.2. The largest absolute Gasteiger partial charge is 0.497 e. The highest BCUT2D eigenvalue weighted by molar-refractivity contribution is 5.97. The number of ether oxygens (including phenoxy) is 3. The Kier molecular flexibility index (Phi) is 7.45. The van der Waals surface area contributed by atoms with E-state index in [4.69, 9.17) is 14.2 Å². The molecule has 0 atom stereocenters. The molecular formula is C21H24N2O5. The number of benzene rings is 2. The van der Waals surface area contributed by atoms with Gasteiger partial charge in [-0.15, -0.1) is 0 Å². The SMILES string of the molecule is COc1ccc(NC(=O)CN(C)C(=O)/C=C/c2cc(OC)cc(OC)c2)cc1. The lowest BCUT2D eigenvalue weighted by molar-refractivity contribution is -0.129. The van der Waals surface area contributed by atoms with Crippen molar-refractivity contribution >= 4 is 23.6 Å². The van der Waals surface area contributed by atoms with Gasteiger partial charge in [0.2, 0.25) is 11.8 Å². The van der Waals surface area contributed by atoms with Crippen LogP contribution in [0.2, 0.25) is 0 Å². The minimum absolute atomic E-state index is 0.0728. The molecule has 2 aromatic carbocycles. The number of anilines is 1. The zero-order chi connectivity index (χ0) is 20.5. The third kappa shape index (κ3) is 6.05. The third-order valence-electron chi connectivity index (χ3n) is 3.92. The van der Waals surface area contributed by atoms with Gasteiger partial charge in [0, 0.05) is 24.9 Å². The van der Waals surface area contributed by atoms with Crippen molar-refractivity contribution in [1.82, 2.24) is 4.90 Å². The summed E-state index contributed by atoms with van der Waals surface area (Å²) in [6.45, 7) is -0.0728. The van der Waals surface area contributed by atoms with E-state index in [9.17, 15) is 9.59 Å². The van der Waals surface area contributed by atoms with E-state index in [1.54, 1.807) is 76.9 Å². The molecule has 0 aliphatic carbocycles. The van der Waals surface area contributed by atoms with Crippen molar-refractivity contribution in [2.75, 3.05) is 40.2 Å². The maximum absolute atomic E-state index is 12.3. The highest BCUT2D eigenvalue weighted by atomic mass is 16.5. The Labute approximate surface area is 164 Å². The number of carbonyl (C=O) groups excluding carboxylic acids is 2. The Balaban J connectivity index is 1.94. The number of hydrogen-bond donors (Lipinski definition) is 1. The summed E-state index contributed by atoms with van der Waals surface area (Å²) >= 11 is 0. The number of rotatable bonds is 8. The molecule has 148 valence electrons. The molecule has 0 radical (unpaired) electrons. The normalized spacial score (nSPS) is 10.4. The van der Waals surface area contributed by atoms with Gasteiger partial charge in [-0.1, -0.05) is 0 Å². The van der Waals surface area contributed by atoms with Crippen molar-refractivity contribution in [2.45, 2.75) is 0 Å². The zero-order valence-electron chi connectivity index (χ0n) is 16.4. The smallest absolute Gasteiger partial charge is 0.246 e. The van der Waals surface area contributed by atoms with E-state index in [1.165, 1.54) is 11.0 Å². The summed E-state index contributed by atoms with van der Waals surface area (Å²) in [5.41, 5.74) is 1.38. The number of methoxy groups -OCH3 is 3. The molecule has 7 heteroatoms. The van der Waals surface area contributed by atoms with Crippen molar-refractivity contribution in [1.29, 1.82) is 0 Å². The van der Waals surface area contributed by atoms with Gasteiger partial charge >= 0.3 is 0 Å². The predicted molar refractivity (Wildman–Crippen MR) is 108 cm³/mol. The van der Waals surface area contributed by atoms with E-state index in [1.807, 2.05) is 0 Å².